The minimum absolute atomic E-state index is 0.307. The van der Waals surface area contributed by atoms with E-state index in [-0.39, 0.29) is 0 Å². The molecule has 0 bridgehead atoms. The van der Waals surface area contributed by atoms with Crippen LogP contribution in [0.3, 0.4) is 0 Å². The first-order valence-corrected chi connectivity index (χ1v) is 10.6. The highest BCUT2D eigenvalue weighted by atomic mass is 16.2. The van der Waals surface area contributed by atoms with E-state index in [1.165, 1.54) is 0 Å². The van der Waals surface area contributed by atoms with E-state index in [1.54, 1.807) is 12.4 Å². The number of nitrogens with one attached hydrogen (secondary N) is 1. The summed E-state index contributed by atoms with van der Waals surface area (Å²) in [5.74, 6) is 2.07. The van der Waals surface area contributed by atoms with E-state index in [9.17, 15) is 4.79 Å². The fraction of sp³-hybridized carbons (Fsp3) is 0.700. The average molecular weight is 388 g/mol. The van der Waals surface area contributed by atoms with Crippen LogP contribution in [0.2, 0.25) is 0 Å². The van der Waals surface area contributed by atoms with Crippen LogP contribution in [-0.4, -0.2) is 83.5 Å². The lowest BCUT2D eigenvalue weighted by molar-refractivity contribution is -0.129. The van der Waals surface area contributed by atoms with E-state index in [0.29, 0.717) is 18.4 Å². The Morgan fingerprint density at radius 3 is 2.54 bits per heavy atom. The lowest BCUT2D eigenvalue weighted by Gasteiger charge is -2.36. The molecule has 0 radical (unpaired) electrons. The topological polar surface area (TPSA) is 77.0 Å². The van der Waals surface area contributed by atoms with Gasteiger partial charge < -0.3 is 20.0 Å². The molecule has 0 aromatic carbocycles. The lowest BCUT2D eigenvalue weighted by Crippen LogP contribution is -2.53. The second kappa shape index (κ2) is 10.2. The van der Waals surface area contributed by atoms with Gasteiger partial charge in [-0.2, -0.15) is 0 Å². The minimum Gasteiger partial charge on any atom is -0.357 e. The second-order valence-electron chi connectivity index (χ2n) is 7.30. The van der Waals surface area contributed by atoms with Crippen molar-refractivity contribution in [3.8, 4) is 0 Å². The molecule has 2 saturated heterocycles. The smallest absolute Gasteiger partial charge is 0.225 e. The molecule has 0 saturated carbocycles. The van der Waals surface area contributed by atoms with Gasteiger partial charge in [-0.15, -0.1) is 0 Å². The number of guanidine groups is 1. The molecule has 154 valence electrons. The van der Waals surface area contributed by atoms with E-state index >= 15 is 0 Å². The van der Waals surface area contributed by atoms with Gasteiger partial charge in [0.25, 0.3) is 0 Å². The molecule has 1 amide bonds. The first kappa shape index (κ1) is 20.4. The highest BCUT2D eigenvalue weighted by Gasteiger charge is 2.26. The Kier molecular flexibility index (Phi) is 7.45. The van der Waals surface area contributed by atoms with E-state index in [4.69, 9.17) is 4.99 Å². The normalized spacial score (nSPS) is 19.3. The summed E-state index contributed by atoms with van der Waals surface area (Å²) >= 11 is 0. The number of carbonyl (C=O) groups excluding carboxylic acids is 1. The SMILES string of the molecule is CCNC(=NCCC(CC)N1CCCC1=O)N1CCN(c2ncccn2)CC1. The molecule has 2 aliphatic heterocycles. The second-order valence-corrected chi connectivity index (χ2v) is 7.30. The number of likely N-dealkylation sites (tertiary alicyclic amines) is 1. The summed E-state index contributed by atoms with van der Waals surface area (Å²) in [6.07, 6.45) is 7.20. The molecule has 3 heterocycles. The average Bonchev–Trinajstić information content (AvgIpc) is 3.17. The van der Waals surface area contributed by atoms with Crippen molar-refractivity contribution in [2.45, 2.75) is 45.6 Å². The predicted octanol–water partition coefficient (Wildman–Crippen LogP) is 1.36. The molecule has 1 unspecified atom stereocenters. The molecule has 3 rings (SSSR count). The molecule has 8 nitrogen and oxygen atoms in total. The number of nitrogens with zero attached hydrogens (tertiary/aromatic N) is 6. The number of hydrogen-bond donors (Lipinski definition) is 1. The summed E-state index contributed by atoms with van der Waals surface area (Å²) in [5.41, 5.74) is 0. The monoisotopic (exact) mass is 387 g/mol. The van der Waals surface area contributed by atoms with Crippen LogP contribution < -0.4 is 10.2 Å². The fourth-order valence-electron chi connectivity index (χ4n) is 3.95. The van der Waals surface area contributed by atoms with Gasteiger partial charge >= 0.3 is 0 Å². The third kappa shape index (κ3) is 5.11. The maximum Gasteiger partial charge on any atom is 0.225 e. The molecule has 28 heavy (non-hydrogen) atoms. The molecule has 8 heteroatoms. The summed E-state index contributed by atoms with van der Waals surface area (Å²) in [6.45, 7) is 10.3. The van der Waals surface area contributed by atoms with Crippen LogP contribution in [0.15, 0.2) is 23.5 Å². The molecule has 1 atom stereocenters. The molecule has 0 spiro atoms. The number of amides is 1. The van der Waals surface area contributed by atoms with Gasteiger partial charge in [0.1, 0.15) is 0 Å². The third-order valence-corrected chi connectivity index (χ3v) is 5.50. The van der Waals surface area contributed by atoms with Crippen molar-refractivity contribution in [1.29, 1.82) is 0 Å². The Bertz CT molecular complexity index is 643. The van der Waals surface area contributed by atoms with Crippen LogP contribution in [0, 0.1) is 0 Å². The summed E-state index contributed by atoms with van der Waals surface area (Å²) in [4.78, 5) is 32.2. The standard InChI is InChI=1S/C20H33N7O/c1-3-17(27-12-5-7-18(27)28)8-11-24-19(21-4-2)25-13-15-26(16-14-25)20-22-9-6-10-23-20/h6,9-10,17H,3-5,7-8,11-16H2,1-2H3,(H,21,24). The van der Waals surface area contributed by atoms with Crippen molar-refractivity contribution in [3.63, 3.8) is 0 Å². The van der Waals surface area contributed by atoms with Gasteiger partial charge in [0.2, 0.25) is 11.9 Å². The van der Waals surface area contributed by atoms with Gasteiger partial charge in [0.05, 0.1) is 0 Å². The number of aromatic nitrogens is 2. The number of hydrogen-bond acceptors (Lipinski definition) is 5. The number of piperazine rings is 1. The van der Waals surface area contributed by atoms with Gasteiger partial charge in [0, 0.05) is 70.7 Å². The number of carbonyl (C=O) groups is 1. The molecule has 2 fully saturated rings. The maximum atomic E-state index is 12.0. The van der Waals surface area contributed by atoms with Crippen LogP contribution in [0.1, 0.15) is 39.5 Å². The van der Waals surface area contributed by atoms with Crippen LogP contribution in [0.5, 0.6) is 0 Å². The van der Waals surface area contributed by atoms with Crippen molar-refractivity contribution >= 4 is 17.8 Å². The van der Waals surface area contributed by atoms with Crippen LogP contribution in [0.4, 0.5) is 5.95 Å². The zero-order chi connectivity index (χ0) is 19.8. The molecule has 0 aliphatic carbocycles. The van der Waals surface area contributed by atoms with Gasteiger partial charge in [-0.3, -0.25) is 9.79 Å². The Morgan fingerprint density at radius 1 is 1.18 bits per heavy atom. The third-order valence-electron chi connectivity index (χ3n) is 5.50. The van der Waals surface area contributed by atoms with Crippen molar-refractivity contribution in [3.05, 3.63) is 18.5 Å². The van der Waals surface area contributed by atoms with E-state index in [0.717, 1.165) is 77.0 Å². The zero-order valence-corrected chi connectivity index (χ0v) is 17.2. The summed E-state index contributed by atoms with van der Waals surface area (Å²) in [5, 5.41) is 3.42. The zero-order valence-electron chi connectivity index (χ0n) is 17.2. The minimum atomic E-state index is 0.307. The van der Waals surface area contributed by atoms with Gasteiger partial charge in [-0.05, 0) is 32.3 Å². The van der Waals surface area contributed by atoms with Gasteiger partial charge in [0.15, 0.2) is 5.96 Å². The Hall–Kier alpha value is -2.38. The summed E-state index contributed by atoms with van der Waals surface area (Å²) in [6, 6.07) is 2.16. The van der Waals surface area contributed by atoms with Crippen LogP contribution >= 0.6 is 0 Å². The number of rotatable bonds is 7. The van der Waals surface area contributed by atoms with Crippen molar-refractivity contribution < 1.29 is 4.79 Å². The van der Waals surface area contributed by atoms with Crippen molar-refractivity contribution in [2.24, 2.45) is 4.99 Å². The van der Waals surface area contributed by atoms with E-state index < -0.39 is 0 Å². The van der Waals surface area contributed by atoms with Crippen molar-refractivity contribution in [2.75, 3.05) is 50.7 Å². The van der Waals surface area contributed by atoms with Gasteiger partial charge in [-0.25, -0.2) is 9.97 Å². The Labute approximate surface area is 168 Å². The Morgan fingerprint density at radius 2 is 1.93 bits per heavy atom. The van der Waals surface area contributed by atoms with E-state index in [1.807, 2.05) is 6.07 Å². The van der Waals surface area contributed by atoms with Crippen LogP contribution in [-0.2, 0) is 4.79 Å². The van der Waals surface area contributed by atoms with E-state index in [2.05, 4.69) is 43.8 Å². The predicted molar refractivity (Wildman–Crippen MR) is 111 cm³/mol. The highest BCUT2D eigenvalue weighted by Crippen LogP contribution is 2.18. The molecule has 2 aliphatic rings. The maximum absolute atomic E-state index is 12.0. The van der Waals surface area contributed by atoms with Gasteiger partial charge in [-0.1, -0.05) is 6.92 Å². The van der Waals surface area contributed by atoms with Crippen LogP contribution in [0.25, 0.3) is 0 Å². The molecular formula is C20H33N7O. The molecule has 1 N–H and O–H groups in total. The first-order chi connectivity index (χ1) is 13.7. The largest absolute Gasteiger partial charge is 0.357 e. The Balaban J connectivity index is 1.53. The summed E-state index contributed by atoms with van der Waals surface area (Å²) < 4.78 is 0. The summed E-state index contributed by atoms with van der Waals surface area (Å²) in [7, 11) is 0. The van der Waals surface area contributed by atoms with Crippen molar-refractivity contribution in [1.82, 2.24) is 25.1 Å². The fourth-order valence-corrected chi connectivity index (χ4v) is 3.95. The highest BCUT2D eigenvalue weighted by molar-refractivity contribution is 5.80. The number of aliphatic imine (C=N–C) groups is 1. The molecule has 1 aromatic rings. The molecular weight excluding hydrogens is 354 g/mol. The quantitative estimate of drug-likeness (QED) is 0.562. The molecule has 1 aromatic heterocycles. The number of anilines is 1. The first-order valence-electron chi connectivity index (χ1n) is 10.6. The lowest BCUT2D eigenvalue weighted by atomic mass is 10.1.